The number of nitrogens with two attached hydrogens (primary N) is 1. The number of hydrogen-bond acceptors (Lipinski definition) is 4. The maximum absolute atomic E-state index is 9.76. The zero-order valence-corrected chi connectivity index (χ0v) is 8.60. The van der Waals surface area contributed by atoms with Gasteiger partial charge in [-0.15, -0.1) is 0 Å². The van der Waals surface area contributed by atoms with Gasteiger partial charge in [-0.25, -0.2) is 0 Å². The molecule has 0 saturated carbocycles. The van der Waals surface area contributed by atoms with Crippen LogP contribution >= 0.6 is 11.3 Å². The number of aromatic hydroxyl groups is 1. The summed E-state index contributed by atoms with van der Waals surface area (Å²) in [5, 5.41) is 11.1. The third-order valence-electron chi connectivity index (χ3n) is 1.93. The van der Waals surface area contributed by atoms with Crippen LogP contribution in [0.2, 0.25) is 0 Å². The van der Waals surface area contributed by atoms with E-state index < -0.39 is 0 Å². The molecule has 0 amide bonds. The van der Waals surface area contributed by atoms with Crippen molar-refractivity contribution < 1.29 is 9.84 Å². The molecule has 0 fully saturated rings. The Labute approximate surface area is 85.7 Å². The summed E-state index contributed by atoms with van der Waals surface area (Å²) in [6, 6.07) is 5.41. The Morgan fingerprint density at radius 3 is 3.00 bits per heavy atom. The SMILES string of the molecule is CCOc1sc2cc(N)ccc2c1O. The lowest BCUT2D eigenvalue weighted by Crippen LogP contribution is -1.87. The Morgan fingerprint density at radius 2 is 2.29 bits per heavy atom. The van der Waals surface area contributed by atoms with Gasteiger partial charge < -0.3 is 15.6 Å². The van der Waals surface area contributed by atoms with E-state index in [0.717, 1.165) is 10.1 Å². The van der Waals surface area contributed by atoms with Crippen molar-refractivity contribution >= 4 is 27.1 Å². The minimum Gasteiger partial charge on any atom is -0.503 e. The second-order valence-electron chi connectivity index (χ2n) is 2.93. The molecule has 0 aliphatic rings. The van der Waals surface area contributed by atoms with E-state index >= 15 is 0 Å². The summed E-state index contributed by atoms with van der Waals surface area (Å²) in [7, 11) is 0. The molecule has 0 spiro atoms. The highest BCUT2D eigenvalue weighted by atomic mass is 32.1. The summed E-state index contributed by atoms with van der Waals surface area (Å²) in [6.07, 6.45) is 0. The van der Waals surface area contributed by atoms with Crippen LogP contribution in [0.4, 0.5) is 5.69 Å². The van der Waals surface area contributed by atoms with Crippen LogP contribution in [0.1, 0.15) is 6.92 Å². The van der Waals surface area contributed by atoms with E-state index in [-0.39, 0.29) is 5.75 Å². The molecule has 1 aromatic heterocycles. The van der Waals surface area contributed by atoms with Gasteiger partial charge in [-0.05, 0) is 25.1 Å². The van der Waals surface area contributed by atoms with Crippen molar-refractivity contribution in [3.05, 3.63) is 18.2 Å². The number of benzene rings is 1. The van der Waals surface area contributed by atoms with Gasteiger partial charge in [0.25, 0.3) is 0 Å². The number of ether oxygens (including phenoxy) is 1. The fourth-order valence-corrected chi connectivity index (χ4v) is 2.36. The molecule has 1 aromatic carbocycles. The standard InChI is InChI=1S/C10H11NO2S/c1-2-13-10-9(12)7-4-3-6(11)5-8(7)14-10/h3-5,12H,2,11H2,1H3. The number of thiophene rings is 1. The molecular formula is C10H11NO2S. The molecule has 3 N–H and O–H groups in total. The monoisotopic (exact) mass is 209 g/mol. The van der Waals surface area contributed by atoms with E-state index in [1.165, 1.54) is 11.3 Å². The first-order chi connectivity index (χ1) is 6.72. The molecular weight excluding hydrogens is 198 g/mol. The van der Waals surface area contributed by atoms with Crippen molar-refractivity contribution in [1.82, 2.24) is 0 Å². The van der Waals surface area contributed by atoms with E-state index in [0.29, 0.717) is 17.4 Å². The lowest BCUT2D eigenvalue weighted by molar-refractivity contribution is 0.330. The number of anilines is 1. The summed E-state index contributed by atoms with van der Waals surface area (Å²) >= 11 is 1.41. The maximum atomic E-state index is 9.76. The molecule has 0 saturated heterocycles. The molecule has 0 bridgehead atoms. The van der Waals surface area contributed by atoms with E-state index in [2.05, 4.69) is 0 Å². The van der Waals surface area contributed by atoms with Crippen molar-refractivity contribution in [2.24, 2.45) is 0 Å². The first-order valence-corrected chi connectivity index (χ1v) is 5.17. The Bertz CT molecular complexity index is 464. The molecule has 74 valence electrons. The van der Waals surface area contributed by atoms with E-state index in [1.807, 2.05) is 13.0 Å². The summed E-state index contributed by atoms with van der Waals surface area (Å²) in [4.78, 5) is 0. The van der Waals surface area contributed by atoms with Crippen molar-refractivity contribution in [3.63, 3.8) is 0 Å². The van der Waals surface area contributed by atoms with Crippen molar-refractivity contribution in [3.8, 4) is 10.8 Å². The molecule has 4 heteroatoms. The summed E-state index contributed by atoms with van der Waals surface area (Å²) < 4.78 is 6.24. The van der Waals surface area contributed by atoms with Crippen LogP contribution in [-0.2, 0) is 0 Å². The highest BCUT2D eigenvalue weighted by molar-refractivity contribution is 7.21. The topological polar surface area (TPSA) is 55.5 Å². The molecule has 3 nitrogen and oxygen atoms in total. The van der Waals surface area contributed by atoms with Crippen molar-refractivity contribution in [1.29, 1.82) is 0 Å². The lowest BCUT2D eigenvalue weighted by atomic mass is 10.2. The first-order valence-electron chi connectivity index (χ1n) is 4.36. The lowest BCUT2D eigenvalue weighted by Gasteiger charge is -1.97. The van der Waals surface area contributed by atoms with Crippen LogP contribution in [0.25, 0.3) is 10.1 Å². The third kappa shape index (κ3) is 1.37. The van der Waals surface area contributed by atoms with Crippen LogP contribution in [0, 0.1) is 0 Å². The average molecular weight is 209 g/mol. The van der Waals surface area contributed by atoms with Crippen LogP contribution in [0.5, 0.6) is 10.8 Å². The summed E-state index contributed by atoms with van der Waals surface area (Å²) in [5.74, 6) is 0.215. The second kappa shape index (κ2) is 3.38. The van der Waals surface area contributed by atoms with E-state index in [1.54, 1.807) is 12.1 Å². The summed E-state index contributed by atoms with van der Waals surface area (Å²) in [6.45, 7) is 2.44. The third-order valence-corrected chi connectivity index (χ3v) is 2.99. The Morgan fingerprint density at radius 1 is 1.50 bits per heavy atom. The highest BCUT2D eigenvalue weighted by Gasteiger charge is 2.11. The fraction of sp³-hybridized carbons (Fsp3) is 0.200. The molecule has 0 aliphatic heterocycles. The molecule has 2 rings (SSSR count). The molecule has 0 atom stereocenters. The normalized spacial score (nSPS) is 10.6. The molecule has 0 unspecified atom stereocenters. The molecule has 2 aromatic rings. The van der Waals surface area contributed by atoms with Gasteiger partial charge in [-0.2, -0.15) is 0 Å². The molecule has 0 aliphatic carbocycles. The van der Waals surface area contributed by atoms with Crippen molar-refractivity contribution in [2.75, 3.05) is 12.3 Å². The van der Waals surface area contributed by atoms with Gasteiger partial charge in [0.1, 0.15) is 0 Å². The minimum absolute atomic E-state index is 0.215. The predicted octanol–water partition coefficient (Wildman–Crippen LogP) is 2.59. The Balaban J connectivity index is 2.61. The minimum atomic E-state index is 0.215. The zero-order valence-electron chi connectivity index (χ0n) is 7.78. The predicted molar refractivity (Wildman–Crippen MR) is 59.1 cm³/mol. The van der Waals surface area contributed by atoms with Gasteiger partial charge in [0.15, 0.2) is 5.75 Å². The summed E-state index contributed by atoms with van der Waals surface area (Å²) in [5.41, 5.74) is 6.34. The highest BCUT2D eigenvalue weighted by Crippen LogP contribution is 2.43. The fourth-order valence-electron chi connectivity index (χ4n) is 1.31. The Hall–Kier alpha value is -1.42. The molecule has 14 heavy (non-hydrogen) atoms. The number of nitrogen functional groups attached to an aromatic ring is 1. The second-order valence-corrected chi connectivity index (χ2v) is 3.94. The van der Waals surface area contributed by atoms with Gasteiger partial charge >= 0.3 is 0 Å². The van der Waals surface area contributed by atoms with E-state index in [9.17, 15) is 5.11 Å². The Kier molecular flexibility index (Phi) is 2.21. The average Bonchev–Trinajstić information content (AvgIpc) is 2.44. The van der Waals surface area contributed by atoms with Gasteiger partial charge in [-0.1, -0.05) is 11.3 Å². The number of fused-ring (bicyclic) bond motifs is 1. The van der Waals surface area contributed by atoms with Crippen molar-refractivity contribution in [2.45, 2.75) is 6.92 Å². The van der Waals surface area contributed by atoms with Crippen LogP contribution in [-0.4, -0.2) is 11.7 Å². The van der Waals surface area contributed by atoms with Crippen LogP contribution in [0.3, 0.4) is 0 Å². The number of rotatable bonds is 2. The largest absolute Gasteiger partial charge is 0.503 e. The van der Waals surface area contributed by atoms with Gasteiger partial charge in [-0.3, -0.25) is 0 Å². The quantitative estimate of drug-likeness (QED) is 0.747. The molecule has 1 heterocycles. The van der Waals surface area contributed by atoms with Gasteiger partial charge in [0.05, 0.1) is 6.61 Å². The van der Waals surface area contributed by atoms with Crippen LogP contribution < -0.4 is 10.5 Å². The van der Waals surface area contributed by atoms with Gasteiger partial charge in [0, 0.05) is 15.8 Å². The smallest absolute Gasteiger partial charge is 0.217 e. The maximum Gasteiger partial charge on any atom is 0.217 e. The first kappa shape index (κ1) is 9.15. The number of hydrogen-bond donors (Lipinski definition) is 2. The van der Waals surface area contributed by atoms with Crippen LogP contribution in [0.15, 0.2) is 18.2 Å². The van der Waals surface area contributed by atoms with E-state index in [4.69, 9.17) is 10.5 Å². The van der Waals surface area contributed by atoms with Gasteiger partial charge in [0.2, 0.25) is 5.06 Å². The molecule has 0 radical (unpaired) electrons. The zero-order chi connectivity index (χ0) is 10.1.